The van der Waals surface area contributed by atoms with E-state index in [9.17, 15) is 9.59 Å². The van der Waals surface area contributed by atoms with Gasteiger partial charge in [0.1, 0.15) is 0 Å². The molecule has 166 valence electrons. The Labute approximate surface area is 177 Å². The molecule has 0 aromatic heterocycles. The van der Waals surface area contributed by atoms with Gasteiger partial charge < -0.3 is 10.2 Å². The van der Waals surface area contributed by atoms with E-state index in [4.69, 9.17) is 10.2 Å². The van der Waals surface area contributed by atoms with Crippen LogP contribution >= 0.6 is 0 Å². The summed E-state index contributed by atoms with van der Waals surface area (Å²) in [6.45, 7) is 1.84. The third kappa shape index (κ3) is 22.3. The van der Waals surface area contributed by atoms with E-state index in [0.29, 0.717) is 12.8 Å². The van der Waals surface area contributed by atoms with Gasteiger partial charge in [-0.05, 0) is 31.2 Å². The minimum absolute atomic E-state index is 0.292. The monoisotopic (exact) mass is 406 g/mol. The summed E-state index contributed by atoms with van der Waals surface area (Å²) in [7, 11) is 0. The minimum Gasteiger partial charge on any atom is -0.481 e. The van der Waals surface area contributed by atoms with Crippen molar-refractivity contribution in [2.45, 2.75) is 110 Å². The molecule has 1 aromatic carbocycles. The van der Waals surface area contributed by atoms with Crippen molar-refractivity contribution in [3.63, 3.8) is 0 Å². The summed E-state index contributed by atoms with van der Waals surface area (Å²) in [5.41, 5.74) is 1.47. The van der Waals surface area contributed by atoms with Crippen LogP contribution in [0.15, 0.2) is 30.3 Å². The van der Waals surface area contributed by atoms with E-state index in [-0.39, 0.29) is 0 Å². The van der Waals surface area contributed by atoms with Crippen LogP contribution in [0.4, 0.5) is 0 Å². The Bertz CT molecular complexity index is 499. The number of carboxylic acid groups (broad SMARTS) is 2. The average molecular weight is 407 g/mol. The van der Waals surface area contributed by atoms with Crippen LogP contribution < -0.4 is 0 Å². The van der Waals surface area contributed by atoms with Crippen LogP contribution in [0.3, 0.4) is 0 Å². The summed E-state index contributed by atoms with van der Waals surface area (Å²) < 4.78 is 0. The number of unbranched alkanes of at least 4 members (excludes halogenated alkanes) is 11. The molecule has 0 aliphatic rings. The largest absolute Gasteiger partial charge is 0.481 e. The summed E-state index contributed by atoms with van der Waals surface area (Å²) in [4.78, 5) is 20.0. The Kier molecular flexibility index (Phi) is 19.6. The molecule has 0 saturated carbocycles. The zero-order chi connectivity index (χ0) is 21.6. The van der Waals surface area contributed by atoms with Crippen LogP contribution in [-0.2, 0) is 16.0 Å². The van der Waals surface area contributed by atoms with Crippen molar-refractivity contribution in [3.05, 3.63) is 35.9 Å². The molecule has 0 heterocycles. The Balaban J connectivity index is 0.00000113. The van der Waals surface area contributed by atoms with E-state index >= 15 is 0 Å². The molecule has 4 heteroatoms. The highest BCUT2D eigenvalue weighted by atomic mass is 16.4. The van der Waals surface area contributed by atoms with Gasteiger partial charge in [-0.2, -0.15) is 0 Å². The highest BCUT2D eigenvalue weighted by Crippen LogP contribution is 2.13. The predicted molar refractivity (Wildman–Crippen MR) is 120 cm³/mol. The number of hydrogen-bond donors (Lipinski definition) is 2. The molecule has 4 nitrogen and oxygen atoms in total. The third-order valence-electron chi connectivity index (χ3n) is 4.91. The molecule has 0 bridgehead atoms. The molecule has 0 unspecified atom stereocenters. The van der Waals surface area contributed by atoms with Crippen LogP contribution in [0.1, 0.15) is 109 Å². The Morgan fingerprint density at radius 3 is 1.41 bits per heavy atom. The topological polar surface area (TPSA) is 74.6 Å². The van der Waals surface area contributed by atoms with E-state index in [1.807, 2.05) is 6.92 Å². The molecular formula is C25H42O4. The zero-order valence-electron chi connectivity index (χ0n) is 18.4. The molecule has 0 amide bonds. The van der Waals surface area contributed by atoms with Gasteiger partial charge in [0.2, 0.25) is 0 Å². The average Bonchev–Trinajstić information content (AvgIpc) is 2.69. The predicted octanol–water partition coefficient (Wildman–Crippen LogP) is 7.26. The lowest BCUT2D eigenvalue weighted by atomic mass is 10.0. The van der Waals surface area contributed by atoms with Gasteiger partial charge in [-0.1, -0.05) is 101 Å². The normalized spacial score (nSPS) is 10.2. The first-order valence-electron chi connectivity index (χ1n) is 11.5. The van der Waals surface area contributed by atoms with E-state index in [1.165, 1.54) is 76.2 Å². The van der Waals surface area contributed by atoms with Crippen molar-refractivity contribution >= 4 is 11.9 Å². The van der Waals surface area contributed by atoms with Gasteiger partial charge in [-0.3, -0.25) is 9.59 Å². The lowest BCUT2D eigenvalue weighted by Gasteiger charge is -2.03. The molecule has 0 aliphatic heterocycles. The van der Waals surface area contributed by atoms with Crippen LogP contribution in [0.2, 0.25) is 0 Å². The van der Waals surface area contributed by atoms with E-state index in [0.717, 1.165) is 19.3 Å². The maximum Gasteiger partial charge on any atom is 0.303 e. The number of carboxylic acids is 2. The molecular weight excluding hydrogens is 364 g/mol. The Morgan fingerprint density at radius 2 is 1.03 bits per heavy atom. The first-order chi connectivity index (χ1) is 14.1. The molecule has 1 aromatic rings. The fourth-order valence-electron chi connectivity index (χ4n) is 3.23. The van der Waals surface area contributed by atoms with Crippen LogP contribution in [0.25, 0.3) is 0 Å². The summed E-state index contributed by atoms with van der Waals surface area (Å²) in [6, 6.07) is 10.8. The lowest BCUT2D eigenvalue weighted by Crippen LogP contribution is -1.93. The van der Waals surface area contributed by atoms with Gasteiger partial charge >= 0.3 is 11.9 Å². The van der Waals surface area contributed by atoms with Crippen molar-refractivity contribution < 1.29 is 19.8 Å². The molecule has 0 saturated heterocycles. The fourth-order valence-corrected chi connectivity index (χ4v) is 3.23. The van der Waals surface area contributed by atoms with Crippen molar-refractivity contribution in [2.75, 3.05) is 0 Å². The van der Waals surface area contributed by atoms with E-state index in [1.54, 1.807) is 0 Å². The minimum atomic E-state index is -0.711. The van der Waals surface area contributed by atoms with Crippen molar-refractivity contribution in [1.29, 1.82) is 0 Å². The maximum atomic E-state index is 10.4. The second kappa shape index (κ2) is 20.9. The zero-order valence-corrected chi connectivity index (χ0v) is 18.4. The second-order valence-corrected chi connectivity index (χ2v) is 7.77. The van der Waals surface area contributed by atoms with Gasteiger partial charge in [-0.25, -0.2) is 0 Å². The number of hydrogen-bond acceptors (Lipinski definition) is 2. The standard InChI is InChI=1S/C21H34O2.C4H8O2/c22-21(23)19-15-10-8-6-4-2-1-3-5-7-9-12-16-20-17-13-11-14-18-20;1-2-3-4(5)6/h11,13-14,17-18H,1-10,12,15-16,19H2,(H,22,23);2-3H2,1H3,(H,5,6). The quantitative estimate of drug-likeness (QED) is 0.267. The van der Waals surface area contributed by atoms with Gasteiger partial charge in [0.05, 0.1) is 0 Å². The first kappa shape index (κ1) is 27.2. The maximum absolute atomic E-state index is 10.4. The number of aryl methyl sites for hydroxylation is 1. The molecule has 29 heavy (non-hydrogen) atoms. The third-order valence-corrected chi connectivity index (χ3v) is 4.91. The van der Waals surface area contributed by atoms with E-state index < -0.39 is 11.9 Å². The molecule has 0 atom stereocenters. The SMILES string of the molecule is CCCC(=O)O.O=C(O)CCCCCCCCCCCCCCc1ccccc1. The van der Waals surface area contributed by atoms with Crippen LogP contribution in [0, 0.1) is 0 Å². The summed E-state index contributed by atoms with van der Waals surface area (Å²) in [5.74, 6) is -1.37. The first-order valence-corrected chi connectivity index (χ1v) is 11.5. The molecule has 0 fully saturated rings. The second-order valence-electron chi connectivity index (χ2n) is 7.77. The molecule has 0 radical (unpaired) electrons. The van der Waals surface area contributed by atoms with Gasteiger partial charge in [0, 0.05) is 12.8 Å². The van der Waals surface area contributed by atoms with Crippen LogP contribution in [0.5, 0.6) is 0 Å². The molecule has 0 aliphatic carbocycles. The fraction of sp³-hybridized carbons (Fsp3) is 0.680. The molecule has 2 N–H and O–H groups in total. The van der Waals surface area contributed by atoms with Crippen LogP contribution in [-0.4, -0.2) is 22.2 Å². The molecule has 0 spiro atoms. The Morgan fingerprint density at radius 1 is 0.621 bits per heavy atom. The van der Waals surface area contributed by atoms with Crippen molar-refractivity contribution in [2.24, 2.45) is 0 Å². The highest BCUT2D eigenvalue weighted by molar-refractivity contribution is 5.66. The summed E-state index contributed by atoms with van der Waals surface area (Å²) in [5, 5.41) is 16.5. The summed E-state index contributed by atoms with van der Waals surface area (Å²) >= 11 is 0. The van der Waals surface area contributed by atoms with Gasteiger partial charge in [0.25, 0.3) is 0 Å². The van der Waals surface area contributed by atoms with E-state index in [2.05, 4.69) is 30.3 Å². The van der Waals surface area contributed by atoms with Gasteiger partial charge in [-0.15, -0.1) is 0 Å². The van der Waals surface area contributed by atoms with Gasteiger partial charge in [0.15, 0.2) is 0 Å². The Hall–Kier alpha value is -1.84. The van der Waals surface area contributed by atoms with Crippen molar-refractivity contribution in [1.82, 2.24) is 0 Å². The summed E-state index contributed by atoms with van der Waals surface area (Å²) in [6.07, 6.45) is 17.8. The number of aliphatic carboxylic acids is 2. The van der Waals surface area contributed by atoms with Crippen molar-refractivity contribution in [3.8, 4) is 0 Å². The highest BCUT2D eigenvalue weighted by Gasteiger charge is 1.97. The molecule has 1 rings (SSSR count). The smallest absolute Gasteiger partial charge is 0.303 e. The number of rotatable bonds is 17. The number of benzene rings is 1. The number of carbonyl (C=O) groups is 2. The lowest BCUT2D eigenvalue weighted by molar-refractivity contribution is -0.138.